The Morgan fingerprint density at radius 2 is 0.540 bits per heavy atom. The van der Waals surface area contributed by atoms with Gasteiger partial charge in [-0.05, 0) is 51.4 Å². The van der Waals surface area contributed by atoms with Gasteiger partial charge in [-0.25, -0.2) is 0 Å². The quantitative estimate of drug-likeness (QED) is 0.0208. The molecule has 26 heteroatoms. The molecule has 9 amide bonds. The molecule has 0 saturated carbocycles. The minimum Gasteiger partial charge on any atom is -0.408 e. The van der Waals surface area contributed by atoms with E-state index < -0.39 is 47.3 Å². The van der Waals surface area contributed by atoms with Gasteiger partial charge in [-0.1, -0.05) is 20.3 Å². The molecule has 0 aromatic rings. The van der Waals surface area contributed by atoms with Crippen molar-refractivity contribution in [2.24, 2.45) is 5.92 Å². The van der Waals surface area contributed by atoms with E-state index in [0.29, 0.717) is 84.1 Å². The average molecular weight is 880 g/mol. The number of unbranched alkanes of at least 4 members (excludes halogenated alkanes) is 6. The van der Waals surface area contributed by atoms with Gasteiger partial charge in [0.25, 0.3) is 0 Å². The van der Waals surface area contributed by atoms with E-state index in [2.05, 4.69) is 26.6 Å². The summed E-state index contributed by atoms with van der Waals surface area (Å²) in [5.74, 6) is -4.16. The van der Waals surface area contributed by atoms with Crippen molar-refractivity contribution < 1.29 is 47.9 Å². The molecule has 0 bridgehead atoms. The highest BCUT2D eigenvalue weighted by Crippen LogP contribution is 2.06. The number of amides is 9. The van der Waals surface area contributed by atoms with Crippen molar-refractivity contribution in [3.63, 3.8) is 0 Å². The van der Waals surface area contributed by atoms with Crippen LogP contribution in [-0.2, 0) is 47.9 Å². The Hall–Kier alpha value is -4.96. The zero-order valence-corrected chi connectivity index (χ0v) is 36.8. The Kier molecular flexibility index (Phi) is 33.6. The lowest BCUT2D eigenvalue weighted by Crippen LogP contribution is -2.47. The first-order valence-electron chi connectivity index (χ1n) is 21.0. The molecular formula is C37H64B4N12O10. The van der Waals surface area contributed by atoms with Crippen LogP contribution in [0, 0.1) is 5.92 Å². The number of nitrogens with one attached hydrogen (secondary N) is 9. The van der Waals surface area contributed by atoms with Crippen LogP contribution >= 0.6 is 0 Å². The molecule has 0 aliphatic heterocycles. The summed E-state index contributed by atoms with van der Waals surface area (Å²) in [6.45, 7) is 3.04. The van der Waals surface area contributed by atoms with E-state index >= 15 is 0 Å². The summed E-state index contributed by atoms with van der Waals surface area (Å²) in [6.07, 6.45) is 6.25. The summed E-state index contributed by atoms with van der Waals surface area (Å²) >= 11 is 0. The van der Waals surface area contributed by atoms with Crippen LogP contribution in [0.4, 0.5) is 0 Å². The summed E-state index contributed by atoms with van der Waals surface area (Å²) in [6, 6.07) is 0. The molecule has 0 rings (SSSR count). The third kappa shape index (κ3) is 33.3. The maximum atomic E-state index is 12.9. The molecule has 344 valence electrons. The van der Waals surface area contributed by atoms with Crippen LogP contribution in [0.5, 0.6) is 0 Å². The van der Waals surface area contributed by atoms with Gasteiger partial charge in [0, 0.05) is 45.1 Å². The summed E-state index contributed by atoms with van der Waals surface area (Å²) in [7, 11) is 20.4. The molecule has 0 aliphatic carbocycles. The lowest BCUT2D eigenvalue weighted by Gasteiger charge is -2.21. The molecule has 0 aromatic carbocycles. The average Bonchev–Trinajstić information content (AvgIpc) is 3.23. The zero-order chi connectivity index (χ0) is 47.4. The largest absolute Gasteiger partial charge is 0.408 e. The SMILES string of the molecule is [B]NC(=O)CN(CC(=O)N[B])CC(=O)NCCCCCNC(=O)CN(CC(=O)NCCCCCNC(=O)CN(CC(=O)N[B])CC(=O)N[B])CC(=O)NCCCCCC(=O)C(C)C. The number of hydrogen-bond donors (Lipinski definition) is 9. The topological polar surface area (TPSA) is 289 Å². The van der Waals surface area contributed by atoms with Gasteiger partial charge in [0.2, 0.25) is 85.1 Å². The molecule has 0 heterocycles. The van der Waals surface area contributed by atoms with E-state index in [0.717, 1.165) is 12.8 Å². The molecule has 63 heavy (non-hydrogen) atoms. The first-order chi connectivity index (χ1) is 30.0. The first kappa shape index (κ1) is 58.0. The van der Waals surface area contributed by atoms with Gasteiger partial charge in [0.1, 0.15) is 5.78 Å². The van der Waals surface area contributed by atoms with Gasteiger partial charge in [-0.3, -0.25) is 62.6 Å². The summed E-state index contributed by atoms with van der Waals surface area (Å²) < 4.78 is 0. The van der Waals surface area contributed by atoms with Crippen LogP contribution in [-0.4, -0.2) is 197 Å². The van der Waals surface area contributed by atoms with E-state index in [1.54, 1.807) is 0 Å². The molecule has 0 spiro atoms. The maximum absolute atomic E-state index is 12.9. The number of Topliss-reactive ketones (excluding diaryl/α,β-unsaturated/α-hetero) is 1. The molecule has 22 nitrogen and oxygen atoms in total. The number of hydrogen-bond acceptors (Lipinski definition) is 13. The normalized spacial score (nSPS) is 10.8. The lowest BCUT2D eigenvalue weighted by molar-refractivity contribution is -0.129. The van der Waals surface area contributed by atoms with E-state index in [1.807, 2.05) is 34.8 Å². The Labute approximate surface area is 375 Å². The molecule has 0 aromatic heterocycles. The van der Waals surface area contributed by atoms with Gasteiger partial charge < -0.3 is 47.5 Å². The van der Waals surface area contributed by atoms with E-state index in [-0.39, 0.29) is 76.5 Å². The van der Waals surface area contributed by atoms with E-state index in [4.69, 9.17) is 31.9 Å². The molecular weight excluding hydrogens is 816 g/mol. The van der Waals surface area contributed by atoms with E-state index in [1.165, 1.54) is 14.7 Å². The van der Waals surface area contributed by atoms with Gasteiger partial charge in [-0.2, -0.15) is 0 Å². The highest BCUT2D eigenvalue weighted by atomic mass is 16.2. The minimum absolute atomic E-state index is 0.0170. The van der Waals surface area contributed by atoms with Crippen LogP contribution in [0.15, 0.2) is 0 Å². The second kappa shape index (κ2) is 36.5. The Balaban J connectivity index is 4.85. The van der Waals surface area contributed by atoms with Crippen molar-refractivity contribution in [1.82, 2.24) is 62.2 Å². The lowest BCUT2D eigenvalue weighted by atomic mass is 10.0. The smallest absolute Gasteiger partial charge is 0.234 e. The fourth-order valence-corrected chi connectivity index (χ4v) is 5.68. The van der Waals surface area contributed by atoms with Crippen molar-refractivity contribution in [3.8, 4) is 0 Å². The Bertz CT molecular complexity index is 1350. The predicted molar refractivity (Wildman–Crippen MR) is 236 cm³/mol. The first-order valence-corrected chi connectivity index (χ1v) is 21.0. The van der Waals surface area contributed by atoms with Crippen molar-refractivity contribution in [2.75, 3.05) is 91.6 Å². The fraction of sp³-hybridized carbons (Fsp3) is 0.730. The fourth-order valence-electron chi connectivity index (χ4n) is 5.68. The van der Waals surface area contributed by atoms with Crippen LogP contribution in [0.3, 0.4) is 0 Å². The Morgan fingerprint density at radius 1 is 0.333 bits per heavy atom. The second-order valence-electron chi connectivity index (χ2n) is 15.0. The number of carbonyl (C=O) groups excluding carboxylic acids is 10. The molecule has 9 N–H and O–H groups in total. The van der Waals surface area contributed by atoms with Crippen LogP contribution in [0.1, 0.15) is 78.1 Å². The van der Waals surface area contributed by atoms with Crippen LogP contribution in [0.2, 0.25) is 0 Å². The third-order valence-corrected chi connectivity index (χ3v) is 9.01. The monoisotopic (exact) mass is 881 g/mol. The number of nitrogens with zero attached hydrogens (tertiary/aromatic N) is 3. The van der Waals surface area contributed by atoms with E-state index in [9.17, 15) is 47.9 Å². The summed E-state index contributed by atoms with van der Waals surface area (Å²) in [5.41, 5.74) is 0. The van der Waals surface area contributed by atoms with Crippen LogP contribution < -0.4 is 47.5 Å². The van der Waals surface area contributed by atoms with Gasteiger partial charge in [0.15, 0.2) is 0 Å². The zero-order valence-electron chi connectivity index (χ0n) is 36.8. The Morgan fingerprint density at radius 3 is 0.746 bits per heavy atom. The standard InChI is InChI=1S/C37H64B4N12O10/c1-27(2)28(54)12-6-3-7-13-42-29(55)18-51(19-30(56)43-14-8-4-10-16-45-32(58)21-52(23-34(60)47-38)24-35(61)48-39)20-31(57)44-15-9-5-11-17-46-33(59)22-53(25-36(62)49-40)26-37(63)50-41/h27H,3-26H2,1-2H3,(H,42,55)(H,43,56)(H,44,57)(H,45,58)(H,46,59)(H,47,60)(H,48,61)(H,49,62)(H,50,63). The highest BCUT2D eigenvalue weighted by Gasteiger charge is 2.20. The summed E-state index contributed by atoms with van der Waals surface area (Å²) in [5, 5.41) is 21.5. The third-order valence-electron chi connectivity index (χ3n) is 9.01. The predicted octanol–water partition coefficient (Wildman–Crippen LogP) is -5.60. The molecule has 0 aliphatic rings. The van der Waals surface area contributed by atoms with Crippen LogP contribution in [0.25, 0.3) is 0 Å². The number of rotatable bonds is 37. The maximum Gasteiger partial charge on any atom is 0.234 e. The highest BCUT2D eigenvalue weighted by molar-refractivity contribution is 6.16. The molecule has 0 saturated heterocycles. The van der Waals surface area contributed by atoms with Crippen molar-refractivity contribution in [1.29, 1.82) is 0 Å². The number of ketones is 1. The van der Waals surface area contributed by atoms with Crippen molar-refractivity contribution >= 4 is 90.9 Å². The van der Waals surface area contributed by atoms with Gasteiger partial charge in [-0.15, -0.1) is 0 Å². The van der Waals surface area contributed by atoms with Crippen molar-refractivity contribution in [2.45, 2.75) is 78.1 Å². The summed E-state index contributed by atoms with van der Waals surface area (Å²) in [4.78, 5) is 125. The number of carbonyl (C=O) groups is 10. The molecule has 8 radical (unpaired) electrons. The van der Waals surface area contributed by atoms with Crippen molar-refractivity contribution in [3.05, 3.63) is 0 Å². The van der Waals surface area contributed by atoms with Gasteiger partial charge >= 0.3 is 0 Å². The molecule has 0 atom stereocenters. The van der Waals surface area contributed by atoms with Gasteiger partial charge in [0.05, 0.1) is 58.9 Å². The molecule has 0 fully saturated rings. The second-order valence-corrected chi connectivity index (χ2v) is 15.0. The molecule has 0 unspecified atom stereocenters. The minimum atomic E-state index is -0.591.